The Bertz CT molecular complexity index is 1140. The summed E-state index contributed by atoms with van der Waals surface area (Å²) in [6.07, 6.45) is -1.71. The van der Waals surface area contributed by atoms with E-state index >= 15 is 0 Å². The van der Waals surface area contributed by atoms with E-state index in [1.807, 2.05) is 31.2 Å². The fourth-order valence-corrected chi connectivity index (χ4v) is 3.27. The summed E-state index contributed by atoms with van der Waals surface area (Å²) in [7, 11) is 0. The molecule has 0 aliphatic heterocycles. The van der Waals surface area contributed by atoms with Crippen LogP contribution in [0.1, 0.15) is 80.4 Å². The number of carbonyl (C=O) groups excluding carboxylic acids is 4. The molecule has 0 aromatic heterocycles. The Morgan fingerprint density at radius 3 is 1.78 bits per heavy atom. The minimum absolute atomic E-state index is 0.0742. The summed E-state index contributed by atoms with van der Waals surface area (Å²) in [5.41, 5.74) is -2.20. The second-order valence-corrected chi connectivity index (χ2v) is 13.2. The molecule has 13 heteroatoms. The van der Waals surface area contributed by atoms with Crippen LogP contribution >= 0.6 is 0 Å². The van der Waals surface area contributed by atoms with Crippen LogP contribution < -0.4 is 10.6 Å². The number of nitrogens with zero attached hydrogens (tertiary/aromatic N) is 1. The molecule has 45 heavy (non-hydrogen) atoms. The van der Waals surface area contributed by atoms with Gasteiger partial charge in [-0.2, -0.15) is 0 Å². The highest BCUT2D eigenvalue weighted by molar-refractivity contribution is 6.01. The number of alkyl carbamates (subject to hydrolysis) is 2. The maximum Gasteiger partial charge on any atom is 0.414 e. The van der Waals surface area contributed by atoms with Crippen LogP contribution in [0.15, 0.2) is 29.3 Å². The van der Waals surface area contributed by atoms with Crippen LogP contribution in [-0.2, 0) is 44.6 Å². The second kappa shape index (κ2) is 17.1. The fraction of sp³-hybridized carbons (Fsp3) is 0.656. The molecule has 2 amide bonds. The van der Waals surface area contributed by atoms with Crippen molar-refractivity contribution in [3.05, 3.63) is 35.4 Å². The number of hydrogen-bond acceptors (Lipinski definition) is 11. The molecular formula is C32H51N3O10. The Morgan fingerprint density at radius 1 is 0.756 bits per heavy atom. The first-order valence-corrected chi connectivity index (χ1v) is 14.8. The average molecular weight is 638 g/mol. The summed E-state index contributed by atoms with van der Waals surface area (Å²) in [6.45, 7) is 18.3. The normalized spacial score (nSPS) is 13.1. The van der Waals surface area contributed by atoms with Gasteiger partial charge >= 0.3 is 24.1 Å². The number of ether oxygens (including phenoxy) is 6. The Kier molecular flexibility index (Phi) is 14.9. The highest BCUT2D eigenvalue weighted by Crippen LogP contribution is 2.23. The number of aryl methyl sites for hydroxylation is 1. The van der Waals surface area contributed by atoms with Gasteiger partial charge in [0.05, 0.1) is 19.8 Å². The molecule has 1 aromatic rings. The lowest BCUT2D eigenvalue weighted by Gasteiger charge is -2.29. The van der Waals surface area contributed by atoms with Crippen LogP contribution in [0.4, 0.5) is 9.59 Å². The lowest BCUT2D eigenvalue weighted by atomic mass is 9.93. The van der Waals surface area contributed by atoms with E-state index in [-0.39, 0.29) is 38.9 Å². The van der Waals surface area contributed by atoms with Crippen molar-refractivity contribution in [2.24, 2.45) is 10.4 Å². The molecule has 13 nitrogen and oxygen atoms in total. The molecule has 0 spiro atoms. The standard InChI is InChI=1S/C32H51N3O10/c1-12-40-20-32(11,21-42-24(36)31(9,10)43-19-23-15-13-22(2)14-16-23)25(37)41-18-17-33-26(34-27(38)44-29(3,4)5)35-28(39)45-30(6,7)8/h13-16H,12,17-21H2,1-11H3,(H2,33,34,35,38,39). The quantitative estimate of drug-likeness (QED) is 0.101. The zero-order chi connectivity index (χ0) is 34.5. The monoisotopic (exact) mass is 637 g/mol. The van der Waals surface area contributed by atoms with Crippen molar-refractivity contribution in [3.8, 4) is 0 Å². The predicted molar refractivity (Wildman–Crippen MR) is 168 cm³/mol. The number of amides is 2. The summed E-state index contributed by atoms with van der Waals surface area (Å²) < 4.78 is 32.7. The fourth-order valence-electron chi connectivity index (χ4n) is 3.27. The van der Waals surface area contributed by atoms with Gasteiger partial charge in [0.15, 0.2) is 5.60 Å². The third kappa shape index (κ3) is 16.3. The predicted octanol–water partition coefficient (Wildman–Crippen LogP) is 4.82. The van der Waals surface area contributed by atoms with Gasteiger partial charge in [-0.1, -0.05) is 29.8 Å². The van der Waals surface area contributed by atoms with Crippen LogP contribution in [0.5, 0.6) is 0 Å². The minimum Gasteiger partial charge on any atom is -0.463 e. The number of benzene rings is 1. The zero-order valence-electron chi connectivity index (χ0n) is 28.6. The molecule has 254 valence electrons. The SMILES string of the molecule is CCOCC(C)(COC(=O)C(C)(C)OCc1ccc(C)cc1)C(=O)OCCN=C(NC(=O)OC(C)(C)C)NC(=O)OC(C)(C)C. The first-order chi connectivity index (χ1) is 20.7. The number of aliphatic imine (C=N–C) groups is 1. The molecule has 2 N–H and O–H groups in total. The number of hydrogen-bond donors (Lipinski definition) is 2. The van der Waals surface area contributed by atoms with Gasteiger partial charge in [-0.25, -0.2) is 19.4 Å². The van der Waals surface area contributed by atoms with Crippen LogP contribution in [0.3, 0.4) is 0 Å². The van der Waals surface area contributed by atoms with E-state index in [0.717, 1.165) is 11.1 Å². The van der Waals surface area contributed by atoms with Gasteiger partial charge in [0.1, 0.15) is 29.8 Å². The molecule has 1 atom stereocenters. The highest BCUT2D eigenvalue weighted by atomic mass is 16.6. The summed E-state index contributed by atoms with van der Waals surface area (Å²) in [6, 6.07) is 7.74. The van der Waals surface area contributed by atoms with Crippen molar-refractivity contribution >= 4 is 30.1 Å². The van der Waals surface area contributed by atoms with Gasteiger partial charge in [0.25, 0.3) is 0 Å². The minimum atomic E-state index is -1.34. The Hall–Kier alpha value is -3.71. The third-order valence-electron chi connectivity index (χ3n) is 5.68. The van der Waals surface area contributed by atoms with E-state index < -0.39 is 46.3 Å². The number of carbonyl (C=O) groups is 4. The molecule has 1 aromatic carbocycles. The molecule has 0 aliphatic rings. The van der Waals surface area contributed by atoms with E-state index in [4.69, 9.17) is 28.4 Å². The lowest BCUT2D eigenvalue weighted by molar-refractivity contribution is -0.180. The molecule has 0 bridgehead atoms. The average Bonchev–Trinajstić information content (AvgIpc) is 2.90. The molecule has 0 heterocycles. The van der Waals surface area contributed by atoms with Gasteiger partial charge in [0, 0.05) is 6.61 Å². The van der Waals surface area contributed by atoms with Gasteiger partial charge in [-0.05, 0) is 81.7 Å². The third-order valence-corrected chi connectivity index (χ3v) is 5.68. The van der Waals surface area contributed by atoms with Crippen LogP contribution in [0, 0.1) is 12.3 Å². The summed E-state index contributed by atoms with van der Waals surface area (Å²) >= 11 is 0. The number of esters is 2. The van der Waals surface area contributed by atoms with E-state index in [2.05, 4.69) is 15.6 Å². The van der Waals surface area contributed by atoms with Gasteiger partial charge in [-0.3, -0.25) is 15.4 Å². The smallest absolute Gasteiger partial charge is 0.414 e. The van der Waals surface area contributed by atoms with Crippen molar-refractivity contribution in [1.29, 1.82) is 0 Å². The second-order valence-electron chi connectivity index (χ2n) is 13.2. The topological polar surface area (TPSA) is 160 Å². The number of guanidine groups is 1. The summed E-state index contributed by atoms with van der Waals surface area (Å²) in [5.74, 6) is -1.60. The first kappa shape index (κ1) is 39.3. The molecule has 1 unspecified atom stereocenters. The lowest BCUT2D eigenvalue weighted by Crippen LogP contribution is -2.47. The van der Waals surface area contributed by atoms with Crippen LogP contribution in [0.2, 0.25) is 0 Å². The van der Waals surface area contributed by atoms with Crippen molar-refractivity contribution in [1.82, 2.24) is 10.6 Å². The Labute approximate surface area is 266 Å². The summed E-state index contributed by atoms with van der Waals surface area (Å²) in [5, 5.41) is 4.71. The largest absolute Gasteiger partial charge is 0.463 e. The van der Waals surface area contributed by atoms with Crippen molar-refractivity contribution < 1.29 is 47.6 Å². The zero-order valence-corrected chi connectivity index (χ0v) is 28.6. The van der Waals surface area contributed by atoms with Crippen molar-refractivity contribution in [3.63, 3.8) is 0 Å². The van der Waals surface area contributed by atoms with E-state index in [0.29, 0.717) is 6.61 Å². The van der Waals surface area contributed by atoms with E-state index in [1.165, 1.54) is 0 Å². The van der Waals surface area contributed by atoms with Crippen molar-refractivity contribution in [2.45, 2.75) is 99.6 Å². The van der Waals surface area contributed by atoms with E-state index in [1.54, 1.807) is 69.2 Å². The number of rotatable bonds is 13. The maximum atomic E-state index is 13.1. The van der Waals surface area contributed by atoms with Gasteiger partial charge < -0.3 is 28.4 Å². The first-order valence-electron chi connectivity index (χ1n) is 14.8. The van der Waals surface area contributed by atoms with Crippen LogP contribution in [-0.4, -0.2) is 79.9 Å². The van der Waals surface area contributed by atoms with Crippen molar-refractivity contribution in [2.75, 3.05) is 33.0 Å². The number of nitrogens with one attached hydrogen (secondary N) is 2. The maximum absolute atomic E-state index is 13.1. The van der Waals surface area contributed by atoms with Gasteiger partial charge in [0.2, 0.25) is 5.96 Å². The van der Waals surface area contributed by atoms with Gasteiger partial charge in [-0.15, -0.1) is 0 Å². The molecule has 0 radical (unpaired) electrons. The molecule has 0 fully saturated rings. The molecule has 0 aliphatic carbocycles. The van der Waals surface area contributed by atoms with Crippen LogP contribution in [0.25, 0.3) is 0 Å². The molecule has 0 saturated heterocycles. The molecular weight excluding hydrogens is 586 g/mol. The Morgan fingerprint density at radius 2 is 1.29 bits per heavy atom. The van der Waals surface area contributed by atoms with E-state index in [9.17, 15) is 19.2 Å². The summed E-state index contributed by atoms with van der Waals surface area (Å²) in [4.78, 5) is 54.7. The highest BCUT2D eigenvalue weighted by Gasteiger charge is 2.39. The molecule has 0 saturated carbocycles. The molecule has 1 rings (SSSR count). The Balaban J connectivity index is 2.86.